The maximum Gasteiger partial charge on any atom is 0.492 e. The van der Waals surface area contributed by atoms with Gasteiger partial charge < -0.3 is 19.5 Å². The van der Waals surface area contributed by atoms with Crippen molar-refractivity contribution in [2.24, 2.45) is 0 Å². The lowest BCUT2D eigenvalue weighted by Crippen LogP contribution is -2.32. The molecule has 0 saturated carbocycles. The van der Waals surface area contributed by atoms with Crippen LogP contribution in [0.3, 0.4) is 0 Å². The van der Waals surface area contributed by atoms with Crippen LogP contribution in [0.4, 0.5) is 4.39 Å². The molecule has 6 heteroatoms. The van der Waals surface area contributed by atoms with E-state index in [9.17, 15) is 4.39 Å². The highest BCUT2D eigenvalue weighted by atomic mass is 19.1. The van der Waals surface area contributed by atoms with Crippen LogP contribution in [0.1, 0.15) is 6.92 Å². The van der Waals surface area contributed by atoms with Gasteiger partial charge in [-0.2, -0.15) is 0 Å². The number of methoxy groups -OCH3 is 1. The van der Waals surface area contributed by atoms with E-state index in [1.165, 1.54) is 12.1 Å². The fraction of sp³-hybridized carbons (Fsp3) is 0.400. The molecule has 2 N–H and O–H groups in total. The molecule has 0 aliphatic heterocycles. The van der Waals surface area contributed by atoms with Gasteiger partial charge in [-0.25, -0.2) is 4.39 Å². The summed E-state index contributed by atoms with van der Waals surface area (Å²) in [5.41, 5.74) is 0.00306. The number of hydrogen-bond acceptors (Lipinski definition) is 4. The Balaban J connectivity index is 2.78. The van der Waals surface area contributed by atoms with E-state index in [4.69, 9.17) is 19.5 Å². The quantitative estimate of drug-likeness (QED) is 0.692. The maximum atomic E-state index is 12.9. The minimum atomic E-state index is -1.76. The van der Waals surface area contributed by atoms with Gasteiger partial charge in [-0.05, 0) is 25.1 Å². The largest absolute Gasteiger partial charge is 0.492 e. The first-order valence-electron chi connectivity index (χ1n) is 4.85. The Labute approximate surface area is 93.8 Å². The molecule has 4 nitrogen and oxygen atoms in total. The first-order valence-corrected chi connectivity index (χ1v) is 4.85. The van der Waals surface area contributed by atoms with Gasteiger partial charge in [0.25, 0.3) is 0 Å². The minimum absolute atomic E-state index is 0.00306. The number of rotatable bonds is 5. The summed E-state index contributed by atoms with van der Waals surface area (Å²) >= 11 is 0. The van der Waals surface area contributed by atoms with Crippen LogP contribution >= 0.6 is 0 Å². The molecular weight excluding hydrogens is 214 g/mol. The van der Waals surface area contributed by atoms with Crippen LogP contribution in [0, 0.1) is 5.82 Å². The zero-order valence-electron chi connectivity index (χ0n) is 9.18. The van der Waals surface area contributed by atoms with Crippen LogP contribution < -0.4 is 10.2 Å². The van der Waals surface area contributed by atoms with Crippen molar-refractivity contribution in [2.45, 2.75) is 13.0 Å². The van der Waals surface area contributed by atoms with Gasteiger partial charge in [-0.1, -0.05) is 0 Å². The summed E-state index contributed by atoms with van der Waals surface area (Å²) in [6.07, 6.45) is -0.131. The molecule has 1 rings (SSSR count). The van der Waals surface area contributed by atoms with Crippen molar-refractivity contribution in [1.29, 1.82) is 0 Å². The molecule has 1 unspecified atom stereocenters. The highest BCUT2D eigenvalue weighted by Gasteiger charge is 2.18. The van der Waals surface area contributed by atoms with Gasteiger partial charge in [-0.3, -0.25) is 0 Å². The van der Waals surface area contributed by atoms with Crippen LogP contribution in [0.2, 0.25) is 0 Å². The van der Waals surface area contributed by atoms with E-state index in [1.54, 1.807) is 14.0 Å². The molecule has 0 heterocycles. The van der Waals surface area contributed by atoms with Gasteiger partial charge in [0.1, 0.15) is 18.2 Å². The molecule has 0 spiro atoms. The van der Waals surface area contributed by atoms with Crippen molar-refractivity contribution in [3.8, 4) is 5.75 Å². The van der Waals surface area contributed by atoms with Gasteiger partial charge in [0.2, 0.25) is 0 Å². The van der Waals surface area contributed by atoms with Gasteiger partial charge in [0, 0.05) is 12.6 Å². The Hall–Kier alpha value is -1.11. The first-order chi connectivity index (χ1) is 7.54. The Morgan fingerprint density at radius 1 is 1.44 bits per heavy atom. The van der Waals surface area contributed by atoms with Crippen molar-refractivity contribution in [2.75, 3.05) is 13.7 Å². The number of hydrogen-bond donors (Lipinski definition) is 2. The minimum Gasteiger partial charge on any atom is -0.491 e. The van der Waals surface area contributed by atoms with E-state index in [0.29, 0.717) is 0 Å². The smallest absolute Gasteiger partial charge is 0.491 e. The molecule has 1 atom stereocenters. The summed E-state index contributed by atoms with van der Waals surface area (Å²) < 4.78 is 23.1. The predicted octanol–water partition coefficient (Wildman–Crippen LogP) is -0.0808. The van der Waals surface area contributed by atoms with Gasteiger partial charge in [0.05, 0.1) is 6.10 Å². The van der Waals surface area contributed by atoms with Gasteiger partial charge >= 0.3 is 7.12 Å². The Kier molecular flexibility index (Phi) is 4.73. The lowest BCUT2D eigenvalue weighted by Gasteiger charge is -2.14. The van der Waals surface area contributed by atoms with E-state index in [0.717, 1.165) is 6.07 Å². The maximum absolute atomic E-state index is 12.9. The summed E-state index contributed by atoms with van der Waals surface area (Å²) in [7, 11) is -0.218. The van der Waals surface area contributed by atoms with E-state index >= 15 is 0 Å². The van der Waals surface area contributed by atoms with E-state index in [2.05, 4.69) is 0 Å². The fourth-order valence-electron chi connectivity index (χ4n) is 1.13. The molecule has 0 bridgehead atoms. The van der Waals surface area contributed by atoms with Crippen LogP contribution in [-0.4, -0.2) is 37.0 Å². The summed E-state index contributed by atoms with van der Waals surface area (Å²) in [6.45, 7) is 2.06. The molecule has 16 heavy (non-hydrogen) atoms. The zero-order valence-corrected chi connectivity index (χ0v) is 9.18. The lowest BCUT2D eigenvalue weighted by atomic mass is 9.79. The van der Waals surface area contributed by atoms with E-state index in [1.807, 2.05) is 0 Å². The average Bonchev–Trinajstić information content (AvgIpc) is 2.26. The Bertz CT molecular complexity index is 346. The average molecular weight is 228 g/mol. The molecule has 1 aromatic rings. The second-order valence-electron chi connectivity index (χ2n) is 3.41. The summed E-state index contributed by atoms with van der Waals surface area (Å²) in [4.78, 5) is 0. The molecule has 1 aromatic carbocycles. The molecular formula is C10H14BFO4. The Morgan fingerprint density at radius 3 is 2.69 bits per heavy atom. The second kappa shape index (κ2) is 5.84. The normalized spacial score (nSPS) is 12.3. The van der Waals surface area contributed by atoms with E-state index in [-0.39, 0.29) is 23.9 Å². The van der Waals surface area contributed by atoms with Crippen LogP contribution in [-0.2, 0) is 4.74 Å². The van der Waals surface area contributed by atoms with Crippen molar-refractivity contribution >= 4 is 12.6 Å². The number of benzene rings is 1. The highest BCUT2D eigenvalue weighted by Crippen LogP contribution is 2.10. The molecule has 88 valence electrons. The van der Waals surface area contributed by atoms with Crippen molar-refractivity contribution < 1.29 is 23.9 Å². The second-order valence-corrected chi connectivity index (χ2v) is 3.41. The van der Waals surface area contributed by atoms with Crippen LogP contribution in [0.15, 0.2) is 18.2 Å². The highest BCUT2D eigenvalue weighted by molar-refractivity contribution is 6.59. The number of halogens is 1. The predicted molar refractivity (Wildman–Crippen MR) is 58.2 cm³/mol. The number of ether oxygens (including phenoxy) is 2. The van der Waals surface area contributed by atoms with Crippen LogP contribution in [0.25, 0.3) is 0 Å². The van der Waals surface area contributed by atoms with Gasteiger partial charge in [-0.15, -0.1) is 0 Å². The molecule has 0 amide bonds. The molecule has 0 aliphatic carbocycles. The molecule has 0 saturated heterocycles. The third-order valence-corrected chi connectivity index (χ3v) is 2.13. The molecule has 0 aliphatic rings. The molecule has 0 radical (unpaired) electrons. The zero-order chi connectivity index (χ0) is 12.1. The Morgan fingerprint density at radius 2 is 2.12 bits per heavy atom. The summed E-state index contributed by atoms with van der Waals surface area (Å²) in [5, 5.41) is 18.1. The van der Waals surface area contributed by atoms with Crippen molar-refractivity contribution in [3.05, 3.63) is 24.0 Å². The SMILES string of the molecule is COC(C)COc1ccc(F)cc1B(O)O. The topological polar surface area (TPSA) is 58.9 Å². The third kappa shape index (κ3) is 3.48. The third-order valence-electron chi connectivity index (χ3n) is 2.13. The standard InChI is InChI=1S/C10H14BFO4/c1-7(15-2)6-16-10-4-3-8(12)5-9(10)11(13)14/h3-5,7,13-14H,6H2,1-2H3. The molecule has 0 fully saturated rings. The fourth-order valence-corrected chi connectivity index (χ4v) is 1.13. The van der Waals surface area contributed by atoms with Gasteiger partial charge in [0.15, 0.2) is 0 Å². The summed E-state index contributed by atoms with van der Waals surface area (Å²) in [5.74, 6) is -0.310. The van der Waals surface area contributed by atoms with Crippen molar-refractivity contribution in [1.82, 2.24) is 0 Å². The monoisotopic (exact) mass is 228 g/mol. The molecule has 0 aromatic heterocycles. The summed E-state index contributed by atoms with van der Waals surface area (Å²) in [6, 6.07) is 3.57. The van der Waals surface area contributed by atoms with E-state index < -0.39 is 12.9 Å². The van der Waals surface area contributed by atoms with Crippen molar-refractivity contribution in [3.63, 3.8) is 0 Å². The van der Waals surface area contributed by atoms with Crippen LogP contribution in [0.5, 0.6) is 5.75 Å². The lowest BCUT2D eigenvalue weighted by molar-refractivity contribution is 0.0719. The first kappa shape index (κ1) is 13.0.